The first-order valence-electron chi connectivity index (χ1n) is 10.7. The summed E-state index contributed by atoms with van der Waals surface area (Å²) in [6.07, 6.45) is 8.41. The molecule has 4 fully saturated rings. The fourth-order valence-electron chi connectivity index (χ4n) is 6.11. The third kappa shape index (κ3) is 4.40. The smallest absolute Gasteiger partial charge is 0.269 e. The van der Waals surface area contributed by atoms with Crippen LogP contribution < -0.4 is 10.9 Å². The molecule has 0 saturated heterocycles. The number of benzene rings is 1. The van der Waals surface area contributed by atoms with Crippen LogP contribution in [0.3, 0.4) is 0 Å². The molecule has 0 radical (unpaired) electrons. The van der Waals surface area contributed by atoms with Crippen molar-refractivity contribution in [3.8, 4) is 0 Å². The van der Waals surface area contributed by atoms with Gasteiger partial charge in [-0.15, -0.1) is 0 Å². The second kappa shape index (κ2) is 7.86. The molecule has 5 rings (SSSR count). The van der Waals surface area contributed by atoms with E-state index in [-0.39, 0.29) is 23.3 Å². The first-order chi connectivity index (χ1) is 13.4. The average molecular weight is 385 g/mol. The van der Waals surface area contributed by atoms with Crippen LogP contribution in [0.4, 0.5) is 0 Å². The number of hydrogen-bond donors (Lipinski definition) is 2. The Balaban J connectivity index is 1.26. The van der Waals surface area contributed by atoms with Crippen molar-refractivity contribution < 1.29 is 14.3 Å². The molecule has 28 heavy (non-hydrogen) atoms. The summed E-state index contributed by atoms with van der Waals surface area (Å²) in [6.45, 7) is 4.52. The third-order valence-corrected chi connectivity index (χ3v) is 6.82. The maximum Gasteiger partial charge on any atom is 0.269 e. The Bertz CT molecular complexity index is 691. The number of hydrogen-bond acceptors (Lipinski definition) is 3. The predicted molar refractivity (Wildman–Crippen MR) is 107 cm³/mol. The molecule has 1 aromatic rings. The Kier molecular flexibility index (Phi) is 5.46. The molecule has 4 bridgehead atoms. The van der Waals surface area contributed by atoms with Crippen LogP contribution in [0.2, 0.25) is 0 Å². The number of hydrazine groups is 1. The normalized spacial score (nSPS) is 30.5. The van der Waals surface area contributed by atoms with Gasteiger partial charge in [0, 0.05) is 12.0 Å². The predicted octanol–water partition coefficient (Wildman–Crippen LogP) is 3.98. The van der Waals surface area contributed by atoms with Crippen LogP contribution in [-0.4, -0.2) is 17.9 Å². The van der Waals surface area contributed by atoms with Crippen LogP contribution in [0.1, 0.15) is 74.7 Å². The molecule has 152 valence electrons. The molecular formula is C23H32N2O3. The maximum atomic E-state index is 12.5. The van der Waals surface area contributed by atoms with Gasteiger partial charge in [0.05, 0.1) is 12.7 Å². The largest absolute Gasteiger partial charge is 0.374 e. The number of carbonyl (C=O) groups is 2. The van der Waals surface area contributed by atoms with Crippen molar-refractivity contribution in [3.05, 3.63) is 35.4 Å². The molecule has 5 heteroatoms. The molecule has 0 heterocycles. The lowest BCUT2D eigenvalue weighted by Gasteiger charge is -2.56. The topological polar surface area (TPSA) is 67.4 Å². The van der Waals surface area contributed by atoms with Gasteiger partial charge in [-0.25, -0.2) is 0 Å². The Morgan fingerprint density at radius 2 is 1.57 bits per heavy atom. The molecule has 2 amide bonds. The maximum absolute atomic E-state index is 12.5. The first kappa shape index (κ1) is 19.4. The fraction of sp³-hybridized carbons (Fsp3) is 0.652. The summed E-state index contributed by atoms with van der Waals surface area (Å²) >= 11 is 0. The number of rotatable bonds is 6. The highest BCUT2D eigenvalue weighted by Crippen LogP contribution is 2.61. The van der Waals surface area contributed by atoms with Gasteiger partial charge in [0.25, 0.3) is 5.91 Å². The monoisotopic (exact) mass is 384 g/mol. The van der Waals surface area contributed by atoms with Crippen LogP contribution in [0.25, 0.3) is 0 Å². The van der Waals surface area contributed by atoms with E-state index in [1.807, 2.05) is 26.0 Å². The summed E-state index contributed by atoms with van der Waals surface area (Å²) in [6, 6.07) is 7.29. The van der Waals surface area contributed by atoms with Crippen molar-refractivity contribution in [2.75, 3.05) is 0 Å². The van der Waals surface area contributed by atoms with Gasteiger partial charge in [0.2, 0.25) is 5.91 Å². The Morgan fingerprint density at radius 3 is 2.11 bits per heavy atom. The van der Waals surface area contributed by atoms with E-state index in [9.17, 15) is 9.59 Å². The zero-order valence-electron chi connectivity index (χ0n) is 17.0. The van der Waals surface area contributed by atoms with Gasteiger partial charge >= 0.3 is 0 Å². The zero-order valence-corrected chi connectivity index (χ0v) is 17.0. The average Bonchev–Trinajstić information content (AvgIpc) is 2.63. The molecule has 4 aliphatic rings. The first-order valence-corrected chi connectivity index (χ1v) is 10.7. The van der Waals surface area contributed by atoms with Crippen LogP contribution in [0.5, 0.6) is 0 Å². The highest BCUT2D eigenvalue weighted by molar-refractivity contribution is 5.95. The van der Waals surface area contributed by atoms with E-state index in [0.717, 1.165) is 23.3 Å². The summed E-state index contributed by atoms with van der Waals surface area (Å²) in [4.78, 5) is 24.9. The van der Waals surface area contributed by atoms with Gasteiger partial charge in [-0.05, 0) is 93.2 Å². The van der Waals surface area contributed by atoms with E-state index in [0.29, 0.717) is 18.6 Å². The summed E-state index contributed by atoms with van der Waals surface area (Å²) in [5, 5.41) is 0. The molecular weight excluding hydrogens is 352 g/mol. The van der Waals surface area contributed by atoms with Gasteiger partial charge < -0.3 is 4.74 Å². The third-order valence-electron chi connectivity index (χ3n) is 6.82. The fourth-order valence-corrected chi connectivity index (χ4v) is 6.11. The molecule has 0 atom stereocenters. The van der Waals surface area contributed by atoms with Gasteiger partial charge in [-0.3, -0.25) is 20.4 Å². The van der Waals surface area contributed by atoms with Crippen molar-refractivity contribution in [3.63, 3.8) is 0 Å². The SMILES string of the molecule is CC(C)OCc1ccc(C(=O)NNC(=O)CC23CC4CC(CC(C4)C2)C3)cc1. The lowest BCUT2D eigenvalue weighted by Crippen LogP contribution is -2.50. The van der Waals surface area contributed by atoms with Gasteiger partial charge in [-0.1, -0.05) is 12.1 Å². The summed E-state index contributed by atoms with van der Waals surface area (Å²) < 4.78 is 5.56. The van der Waals surface area contributed by atoms with Crippen molar-refractivity contribution in [1.29, 1.82) is 0 Å². The standard InChI is InChI=1S/C23H32N2O3/c1-15(2)28-14-16-3-5-20(6-4-16)22(27)25-24-21(26)13-23-10-17-7-18(11-23)9-19(8-17)12-23/h3-6,15,17-19H,7-14H2,1-2H3,(H,24,26)(H,25,27). The van der Waals surface area contributed by atoms with Crippen molar-refractivity contribution in [2.24, 2.45) is 23.2 Å². The Morgan fingerprint density at radius 1 is 1.00 bits per heavy atom. The molecule has 5 nitrogen and oxygen atoms in total. The Hall–Kier alpha value is -1.88. The minimum atomic E-state index is -0.282. The summed E-state index contributed by atoms with van der Waals surface area (Å²) in [5.41, 5.74) is 6.97. The van der Waals surface area contributed by atoms with Crippen molar-refractivity contribution >= 4 is 11.8 Å². The minimum Gasteiger partial charge on any atom is -0.374 e. The number of nitrogens with one attached hydrogen (secondary N) is 2. The van der Waals surface area contributed by atoms with Crippen LogP contribution in [0, 0.1) is 23.2 Å². The Labute approximate surface area is 167 Å². The zero-order chi connectivity index (χ0) is 19.7. The highest BCUT2D eigenvalue weighted by Gasteiger charge is 2.51. The molecule has 4 saturated carbocycles. The lowest BCUT2D eigenvalue weighted by molar-refractivity contribution is -0.130. The van der Waals surface area contributed by atoms with Crippen molar-refractivity contribution in [1.82, 2.24) is 10.9 Å². The molecule has 2 N–H and O–H groups in total. The molecule has 0 aliphatic heterocycles. The molecule has 1 aromatic carbocycles. The van der Waals surface area contributed by atoms with Gasteiger partial charge in [-0.2, -0.15) is 0 Å². The van der Waals surface area contributed by atoms with E-state index in [2.05, 4.69) is 10.9 Å². The quantitative estimate of drug-likeness (QED) is 0.729. The molecule has 0 aromatic heterocycles. The van der Waals surface area contributed by atoms with E-state index < -0.39 is 0 Å². The number of amides is 2. The van der Waals surface area contributed by atoms with E-state index in [4.69, 9.17) is 4.74 Å². The van der Waals surface area contributed by atoms with Crippen LogP contribution in [0.15, 0.2) is 24.3 Å². The van der Waals surface area contributed by atoms with E-state index in [1.165, 1.54) is 38.5 Å². The van der Waals surface area contributed by atoms with Crippen molar-refractivity contribution in [2.45, 2.75) is 71.5 Å². The molecule has 0 unspecified atom stereocenters. The summed E-state index contributed by atoms with van der Waals surface area (Å²) in [7, 11) is 0. The van der Waals surface area contributed by atoms with E-state index in [1.54, 1.807) is 12.1 Å². The number of ether oxygens (including phenoxy) is 1. The molecule has 0 spiro atoms. The summed E-state index contributed by atoms with van der Waals surface area (Å²) in [5.74, 6) is 2.14. The minimum absolute atomic E-state index is 0.0581. The van der Waals surface area contributed by atoms with Gasteiger partial charge in [0.15, 0.2) is 0 Å². The second-order valence-corrected chi connectivity index (χ2v) is 9.65. The van der Waals surface area contributed by atoms with E-state index >= 15 is 0 Å². The second-order valence-electron chi connectivity index (χ2n) is 9.65. The van der Waals surface area contributed by atoms with Gasteiger partial charge in [0.1, 0.15) is 0 Å². The van der Waals surface area contributed by atoms with Crippen LogP contribution >= 0.6 is 0 Å². The number of carbonyl (C=O) groups excluding carboxylic acids is 2. The lowest BCUT2D eigenvalue weighted by atomic mass is 9.49. The highest BCUT2D eigenvalue weighted by atomic mass is 16.5. The molecule has 4 aliphatic carbocycles. The van der Waals surface area contributed by atoms with Crippen LogP contribution in [-0.2, 0) is 16.1 Å².